The van der Waals surface area contributed by atoms with E-state index in [0.29, 0.717) is 23.1 Å². The third-order valence-corrected chi connectivity index (χ3v) is 7.72. The number of aromatic nitrogens is 2. The fourth-order valence-electron chi connectivity index (χ4n) is 4.94. The van der Waals surface area contributed by atoms with Gasteiger partial charge < -0.3 is 14.0 Å². The molecule has 0 spiro atoms. The zero-order chi connectivity index (χ0) is 21.4. The second-order valence-electron chi connectivity index (χ2n) is 8.29. The lowest BCUT2D eigenvalue weighted by molar-refractivity contribution is 0.148. The Labute approximate surface area is 186 Å². The first-order valence-electron chi connectivity index (χ1n) is 10.9. The van der Waals surface area contributed by atoms with Gasteiger partial charge in [0.15, 0.2) is 11.5 Å². The van der Waals surface area contributed by atoms with Crippen molar-refractivity contribution in [2.75, 3.05) is 38.8 Å². The number of methoxy groups -OCH3 is 2. The van der Waals surface area contributed by atoms with Crippen LogP contribution < -0.4 is 9.47 Å². The van der Waals surface area contributed by atoms with Gasteiger partial charge in [0, 0.05) is 42.6 Å². The summed E-state index contributed by atoms with van der Waals surface area (Å²) in [5.41, 5.74) is 2.63. The van der Waals surface area contributed by atoms with Crippen molar-refractivity contribution in [3.05, 3.63) is 42.2 Å². The van der Waals surface area contributed by atoms with Crippen LogP contribution in [0.25, 0.3) is 22.4 Å². The molecule has 2 fully saturated rings. The molecule has 0 aliphatic carbocycles. The van der Waals surface area contributed by atoms with Crippen molar-refractivity contribution in [1.82, 2.24) is 14.5 Å². The van der Waals surface area contributed by atoms with Gasteiger partial charge >= 0.3 is 0 Å². The molecular formula is C24H28FN3O2S. The molecule has 5 nitrogen and oxygen atoms in total. The highest BCUT2D eigenvalue weighted by atomic mass is 32.2. The number of fused-ring (bicyclic) bond motifs is 1. The van der Waals surface area contributed by atoms with Gasteiger partial charge in [-0.05, 0) is 55.3 Å². The molecule has 2 aliphatic rings. The van der Waals surface area contributed by atoms with Crippen LogP contribution in [-0.2, 0) is 0 Å². The molecule has 0 N–H and O–H groups in total. The Hall–Kier alpha value is -2.25. The molecule has 164 valence electrons. The molecule has 7 heteroatoms. The Kier molecular flexibility index (Phi) is 5.80. The fraction of sp³-hybridized carbons (Fsp3) is 0.458. The molecule has 2 saturated heterocycles. The zero-order valence-electron chi connectivity index (χ0n) is 18.0. The van der Waals surface area contributed by atoms with Gasteiger partial charge in [-0.25, -0.2) is 9.37 Å². The van der Waals surface area contributed by atoms with E-state index in [0.717, 1.165) is 48.9 Å². The van der Waals surface area contributed by atoms with Crippen LogP contribution in [0.15, 0.2) is 36.4 Å². The van der Waals surface area contributed by atoms with Crippen molar-refractivity contribution in [2.24, 2.45) is 0 Å². The van der Waals surface area contributed by atoms with Gasteiger partial charge in [0.25, 0.3) is 0 Å². The van der Waals surface area contributed by atoms with E-state index in [1.165, 1.54) is 30.1 Å². The predicted octanol–water partition coefficient (Wildman–Crippen LogP) is 5.00. The number of imidazole rings is 1. The third kappa shape index (κ3) is 3.89. The summed E-state index contributed by atoms with van der Waals surface area (Å²) in [5, 5.41) is 0. The van der Waals surface area contributed by atoms with E-state index in [9.17, 15) is 4.39 Å². The van der Waals surface area contributed by atoms with E-state index in [2.05, 4.69) is 21.2 Å². The minimum atomic E-state index is -0.260. The molecule has 31 heavy (non-hydrogen) atoms. The second kappa shape index (κ2) is 8.71. The highest BCUT2D eigenvalue weighted by molar-refractivity contribution is 7.99. The van der Waals surface area contributed by atoms with Crippen LogP contribution in [0.4, 0.5) is 4.39 Å². The number of benzene rings is 2. The molecule has 1 unspecified atom stereocenters. The number of rotatable bonds is 5. The Bertz CT molecular complexity index is 1070. The summed E-state index contributed by atoms with van der Waals surface area (Å²) in [6.07, 6.45) is 3.45. The summed E-state index contributed by atoms with van der Waals surface area (Å²) < 4.78 is 27.2. The molecule has 0 saturated carbocycles. The first-order valence-corrected chi connectivity index (χ1v) is 12.0. The monoisotopic (exact) mass is 441 g/mol. The summed E-state index contributed by atoms with van der Waals surface area (Å²) in [6.45, 7) is 2.20. The average Bonchev–Trinajstić information content (AvgIpc) is 3.46. The van der Waals surface area contributed by atoms with Crippen molar-refractivity contribution in [3.63, 3.8) is 0 Å². The van der Waals surface area contributed by atoms with Crippen molar-refractivity contribution in [1.29, 1.82) is 0 Å². The second-order valence-corrected chi connectivity index (χ2v) is 9.44. The first-order chi connectivity index (χ1) is 15.2. The summed E-state index contributed by atoms with van der Waals surface area (Å²) in [5.74, 6) is 4.49. The molecule has 2 aromatic carbocycles. The SMILES string of the molecule is COc1ccc(-c2nc3cc(F)ccc3n2C2CCN(C3CCSC3)CC2)cc1OC. The minimum absolute atomic E-state index is 0.260. The molecule has 0 amide bonds. The molecule has 3 aromatic rings. The van der Waals surface area contributed by atoms with E-state index in [1.807, 2.05) is 24.3 Å². The minimum Gasteiger partial charge on any atom is -0.493 e. The van der Waals surface area contributed by atoms with Crippen molar-refractivity contribution >= 4 is 22.8 Å². The van der Waals surface area contributed by atoms with Crippen LogP contribution in [0, 0.1) is 5.82 Å². The van der Waals surface area contributed by atoms with Crippen LogP contribution >= 0.6 is 11.8 Å². The molecule has 1 atom stereocenters. The number of piperidine rings is 1. The number of hydrogen-bond donors (Lipinski definition) is 0. The number of nitrogens with zero attached hydrogens (tertiary/aromatic N) is 3. The third-order valence-electron chi connectivity index (χ3n) is 6.58. The normalized spacial score (nSPS) is 20.4. The summed E-state index contributed by atoms with van der Waals surface area (Å²) in [4.78, 5) is 7.51. The zero-order valence-corrected chi connectivity index (χ0v) is 18.8. The molecule has 5 rings (SSSR count). The van der Waals surface area contributed by atoms with Crippen LogP contribution in [0.5, 0.6) is 11.5 Å². The van der Waals surface area contributed by atoms with Crippen LogP contribution in [-0.4, -0.2) is 59.3 Å². The van der Waals surface area contributed by atoms with Crippen LogP contribution in [0.3, 0.4) is 0 Å². The molecule has 3 heterocycles. The van der Waals surface area contributed by atoms with Crippen molar-refractivity contribution in [3.8, 4) is 22.9 Å². The van der Waals surface area contributed by atoms with Crippen molar-refractivity contribution < 1.29 is 13.9 Å². The molecular weight excluding hydrogens is 413 g/mol. The van der Waals surface area contributed by atoms with Gasteiger partial charge in [-0.3, -0.25) is 4.90 Å². The lowest BCUT2D eigenvalue weighted by atomic mass is 10.0. The Morgan fingerprint density at radius 2 is 1.77 bits per heavy atom. The van der Waals surface area contributed by atoms with Gasteiger partial charge in [0.2, 0.25) is 0 Å². The maximum absolute atomic E-state index is 14.0. The Balaban J connectivity index is 1.53. The number of hydrogen-bond acceptors (Lipinski definition) is 5. The van der Waals surface area contributed by atoms with Gasteiger partial charge in [-0.2, -0.15) is 11.8 Å². The van der Waals surface area contributed by atoms with E-state index in [4.69, 9.17) is 14.5 Å². The largest absolute Gasteiger partial charge is 0.493 e. The van der Waals surface area contributed by atoms with E-state index < -0.39 is 0 Å². The summed E-state index contributed by atoms with van der Waals surface area (Å²) >= 11 is 2.07. The van der Waals surface area contributed by atoms with Gasteiger partial charge in [0.05, 0.1) is 25.3 Å². The quantitative estimate of drug-likeness (QED) is 0.557. The maximum Gasteiger partial charge on any atom is 0.161 e. The maximum atomic E-state index is 14.0. The number of ether oxygens (including phenoxy) is 2. The van der Waals surface area contributed by atoms with Crippen LogP contribution in [0.2, 0.25) is 0 Å². The smallest absolute Gasteiger partial charge is 0.161 e. The number of likely N-dealkylation sites (tertiary alicyclic amines) is 1. The van der Waals surface area contributed by atoms with E-state index in [1.54, 1.807) is 14.2 Å². The lowest BCUT2D eigenvalue weighted by Gasteiger charge is -2.36. The van der Waals surface area contributed by atoms with Gasteiger partial charge in [-0.1, -0.05) is 0 Å². The summed E-state index contributed by atoms with van der Waals surface area (Å²) in [7, 11) is 3.27. The standard InChI is InChI=1S/C24H28FN3O2S/c1-29-22-6-3-16(13-23(22)30-2)24-26-20-14-17(25)4-5-21(20)28(24)18-7-10-27(11-8-18)19-9-12-31-15-19/h3-6,13-14,18-19H,7-12,15H2,1-2H3. The van der Waals surface area contributed by atoms with Gasteiger partial charge in [0.1, 0.15) is 11.6 Å². The summed E-state index contributed by atoms with van der Waals surface area (Å²) in [6, 6.07) is 11.8. The van der Waals surface area contributed by atoms with Gasteiger partial charge in [-0.15, -0.1) is 0 Å². The number of thioether (sulfide) groups is 1. The molecule has 0 bridgehead atoms. The topological polar surface area (TPSA) is 39.5 Å². The fourth-order valence-corrected chi connectivity index (χ4v) is 6.19. The molecule has 2 aliphatic heterocycles. The van der Waals surface area contributed by atoms with Crippen molar-refractivity contribution in [2.45, 2.75) is 31.3 Å². The Morgan fingerprint density at radius 3 is 2.48 bits per heavy atom. The Morgan fingerprint density at radius 1 is 0.968 bits per heavy atom. The number of halogens is 1. The average molecular weight is 442 g/mol. The molecule has 1 aromatic heterocycles. The van der Waals surface area contributed by atoms with E-state index >= 15 is 0 Å². The van der Waals surface area contributed by atoms with E-state index in [-0.39, 0.29) is 5.82 Å². The lowest BCUT2D eigenvalue weighted by Crippen LogP contribution is -2.41. The highest BCUT2D eigenvalue weighted by Crippen LogP contribution is 2.38. The molecule has 0 radical (unpaired) electrons. The van der Waals surface area contributed by atoms with Crippen LogP contribution in [0.1, 0.15) is 25.3 Å². The highest BCUT2D eigenvalue weighted by Gasteiger charge is 2.30. The first kappa shape index (κ1) is 20.6. The predicted molar refractivity (Wildman–Crippen MR) is 124 cm³/mol.